The van der Waals surface area contributed by atoms with E-state index in [0.29, 0.717) is 28.3 Å². The van der Waals surface area contributed by atoms with Crippen molar-refractivity contribution in [1.29, 1.82) is 0 Å². The standard InChI is InChI=1S/C17H22N2O5/c1-10-14(16(20)24-6)15(19(3)17(21)18(10)2)12-9-11(22-4)7-8-13(12)23-5/h7-9,15H,1-6H3. The maximum absolute atomic E-state index is 12.5. The summed E-state index contributed by atoms with van der Waals surface area (Å²) in [6.45, 7) is 1.72. The highest BCUT2D eigenvalue weighted by atomic mass is 16.5. The lowest BCUT2D eigenvalue weighted by atomic mass is 9.92. The second-order valence-corrected chi connectivity index (χ2v) is 5.45. The third-order valence-corrected chi connectivity index (χ3v) is 4.28. The smallest absolute Gasteiger partial charge is 0.337 e. The second kappa shape index (κ2) is 6.82. The molecule has 0 saturated carbocycles. The molecule has 0 saturated heterocycles. The SMILES string of the molecule is COC(=O)C1=C(C)N(C)C(=O)N(C)C1c1cc(OC)ccc1OC. The fourth-order valence-electron chi connectivity index (χ4n) is 2.85. The molecule has 7 heteroatoms. The first kappa shape index (κ1) is 17.7. The number of nitrogens with zero attached hydrogens (tertiary/aromatic N) is 2. The Morgan fingerprint density at radius 2 is 1.79 bits per heavy atom. The number of likely N-dealkylation sites (N-methyl/N-ethyl adjacent to an activating group) is 1. The maximum Gasteiger partial charge on any atom is 0.337 e. The molecule has 0 spiro atoms. The number of rotatable bonds is 4. The summed E-state index contributed by atoms with van der Waals surface area (Å²) in [5, 5.41) is 0. The van der Waals surface area contributed by atoms with Gasteiger partial charge in [-0.2, -0.15) is 0 Å². The molecule has 0 N–H and O–H groups in total. The Bertz CT molecular complexity index is 698. The van der Waals surface area contributed by atoms with E-state index in [1.165, 1.54) is 24.0 Å². The summed E-state index contributed by atoms with van der Waals surface area (Å²) >= 11 is 0. The highest BCUT2D eigenvalue weighted by Crippen LogP contribution is 2.41. The van der Waals surface area contributed by atoms with Gasteiger partial charge < -0.3 is 24.0 Å². The summed E-state index contributed by atoms with van der Waals surface area (Å²) in [5.74, 6) is 0.667. The van der Waals surface area contributed by atoms with Crippen molar-refractivity contribution in [2.45, 2.75) is 13.0 Å². The summed E-state index contributed by atoms with van der Waals surface area (Å²) in [6.07, 6.45) is 0. The maximum atomic E-state index is 12.5. The van der Waals surface area contributed by atoms with E-state index in [4.69, 9.17) is 14.2 Å². The van der Waals surface area contributed by atoms with E-state index in [-0.39, 0.29) is 6.03 Å². The number of benzene rings is 1. The minimum absolute atomic E-state index is 0.227. The van der Waals surface area contributed by atoms with E-state index in [9.17, 15) is 9.59 Å². The van der Waals surface area contributed by atoms with Crippen LogP contribution in [0.1, 0.15) is 18.5 Å². The zero-order valence-corrected chi connectivity index (χ0v) is 14.7. The van der Waals surface area contributed by atoms with Crippen molar-refractivity contribution in [1.82, 2.24) is 9.80 Å². The third kappa shape index (κ3) is 2.77. The summed E-state index contributed by atoms with van der Waals surface area (Å²) in [5.41, 5.74) is 1.58. The molecule has 1 aliphatic rings. The quantitative estimate of drug-likeness (QED) is 0.790. The Morgan fingerprint density at radius 3 is 2.33 bits per heavy atom. The van der Waals surface area contributed by atoms with Crippen LogP contribution in [0.25, 0.3) is 0 Å². The summed E-state index contributed by atoms with van der Waals surface area (Å²) in [6, 6.07) is 4.40. The van der Waals surface area contributed by atoms with Crippen molar-refractivity contribution in [2.75, 3.05) is 35.4 Å². The molecule has 2 rings (SSSR count). The number of ether oxygens (including phenoxy) is 3. The minimum Gasteiger partial charge on any atom is -0.497 e. The molecule has 1 unspecified atom stereocenters. The molecule has 1 heterocycles. The van der Waals surface area contributed by atoms with Crippen LogP contribution in [0.3, 0.4) is 0 Å². The minimum atomic E-state index is -0.633. The van der Waals surface area contributed by atoms with E-state index in [1.54, 1.807) is 46.3 Å². The predicted molar refractivity (Wildman–Crippen MR) is 87.9 cm³/mol. The Balaban J connectivity index is 2.73. The highest BCUT2D eigenvalue weighted by Gasteiger charge is 2.40. The van der Waals surface area contributed by atoms with Crippen LogP contribution in [-0.2, 0) is 9.53 Å². The predicted octanol–water partition coefficient (Wildman–Crippen LogP) is 2.19. The first-order valence-electron chi connectivity index (χ1n) is 7.38. The number of amides is 2. The molecule has 1 aliphatic heterocycles. The lowest BCUT2D eigenvalue weighted by Crippen LogP contribution is -2.47. The molecule has 7 nitrogen and oxygen atoms in total. The van der Waals surface area contributed by atoms with Crippen LogP contribution in [-0.4, -0.2) is 57.2 Å². The van der Waals surface area contributed by atoms with Crippen LogP contribution in [0, 0.1) is 0 Å². The lowest BCUT2D eigenvalue weighted by molar-refractivity contribution is -0.137. The number of urea groups is 1. The van der Waals surface area contributed by atoms with E-state index >= 15 is 0 Å². The molecule has 0 bridgehead atoms. The molecule has 0 fully saturated rings. The topological polar surface area (TPSA) is 68.3 Å². The van der Waals surface area contributed by atoms with Crippen molar-refractivity contribution in [2.24, 2.45) is 0 Å². The van der Waals surface area contributed by atoms with Crippen molar-refractivity contribution >= 4 is 12.0 Å². The number of carbonyl (C=O) groups excluding carboxylic acids is 2. The lowest BCUT2D eigenvalue weighted by Gasteiger charge is -2.39. The Labute approximate surface area is 141 Å². The molecule has 1 aromatic rings. The van der Waals surface area contributed by atoms with Crippen LogP contribution in [0.15, 0.2) is 29.5 Å². The van der Waals surface area contributed by atoms with Gasteiger partial charge in [0, 0.05) is 25.4 Å². The van der Waals surface area contributed by atoms with Crippen LogP contribution >= 0.6 is 0 Å². The van der Waals surface area contributed by atoms with E-state index in [1.807, 2.05) is 0 Å². The normalized spacial score (nSPS) is 17.9. The van der Waals surface area contributed by atoms with Crippen molar-refractivity contribution in [3.63, 3.8) is 0 Å². The van der Waals surface area contributed by atoms with E-state index in [2.05, 4.69) is 0 Å². The van der Waals surface area contributed by atoms with Gasteiger partial charge in [-0.25, -0.2) is 9.59 Å². The fraction of sp³-hybridized carbons (Fsp3) is 0.412. The van der Waals surface area contributed by atoms with Gasteiger partial charge in [0.25, 0.3) is 0 Å². The Hall–Kier alpha value is -2.70. The molecule has 2 amide bonds. The van der Waals surface area contributed by atoms with Crippen LogP contribution in [0.2, 0.25) is 0 Å². The molecule has 24 heavy (non-hydrogen) atoms. The molecule has 0 radical (unpaired) electrons. The van der Waals surface area contributed by atoms with Gasteiger partial charge in [0.15, 0.2) is 0 Å². The number of allylic oxidation sites excluding steroid dienone is 1. The van der Waals surface area contributed by atoms with Gasteiger partial charge in [-0.15, -0.1) is 0 Å². The van der Waals surface area contributed by atoms with Crippen LogP contribution < -0.4 is 9.47 Å². The summed E-state index contributed by atoms with van der Waals surface area (Å²) in [4.78, 5) is 27.8. The summed E-state index contributed by atoms with van der Waals surface area (Å²) in [7, 11) is 7.67. The van der Waals surface area contributed by atoms with Crippen molar-refractivity contribution in [3.05, 3.63) is 35.0 Å². The van der Waals surface area contributed by atoms with Crippen molar-refractivity contribution in [3.8, 4) is 11.5 Å². The zero-order chi connectivity index (χ0) is 18.0. The van der Waals surface area contributed by atoms with Gasteiger partial charge >= 0.3 is 12.0 Å². The van der Waals surface area contributed by atoms with Gasteiger partial charge in [0.2, 0.25) is 0 Å². The van der Waals surface area contributed by atoms with Crippen LogP contribution in [0.5, 0.6) is 11.5 Å². The number of esters is 1. The third-order valence-electron chi connectivity index (χ3n) is 4.28. The number of hydrogen-bond acceptors (Lipinski definition) is 5. The van der Waals surface area contributed by atoms with Gasteiger partial charge in [0.05, 0.1) is 32.9 Å². The highest BCUT2D eigenvalue weighted by molar-refractivity contribution is 5.95. The second-order valence-electron chi connectivity index (χ2n) is 5.45. The largest absolute Gasteiger partial charge is 0.497 e. The number of methoxy groups -OCH3 is 3. The molecule has 0 aromatic heterocycles. The Morgan fingerprint density at radius 1 is 1.12 bits per heavy atom. The molecule has 0 aliphatic carbocycles. The molecule has 1 aromatic carbocycles. The fourth-order valence-corrected chi connectivity index (χ4v) is 2.85. The van der Waals surface area contributed by atoms with Gasteiger partial charge in [0.1, 0.15) is 11.5 Å². The van der Waals surface area contributed by atoms with E-state index < -0.39 is 12.0 Å². The first-order valence-corrected chi connectivity index (χ1v) is 7.38. The molecular formula is C17H22N2O5. The van der Waals surface area contributed by atoms with E-state index in [0.717, 1.165) is 0 Å². The molecule has 130 valence electrons. The van der Waals surface area contributed by atoms with Gasteiger partial charge in [-0.3, -0.25) is 0 Å². The average molecular weight is 334 g/mol. The first-order chi connectivity index (χ1) is 11.4. The molecular weight excluding hydrogens is 312 g/mol. The number of hydrogen-bond donors (Lipinski definition) is 0. The van der Waals surface area contributed by atoms with Gasteiger partial charge in [-0.05, 0) is 25.1 Å². The van der Waals surface area contributed by atoms with Crippen LogP contribution in [0.4, 0.5) is 4.79 Å². The van der Waals surface area contributed by atoms with Gasteiger partial charge in [-0.1, -0.05) is 0 Å². The number of carbonyl (C=O) groups is 2. The zero-order valence-electron chi connectivity index (χ0n) is 14.7. The Kier molecular flexibility index (Phi) is 5.02. The monoisotopic (exact) mass is 334 g/mol. The molecule has 1 atom stereocenters. The van der Waals surface area contributed by atoms with Crippen molar-refractivity contribution < 1.29 is 23.8 Å². The average Bonchev–Trinajstić information content (AvgIpc) is 2.61. The summed E-state index contributed by atoms with van der Waals surface area (Å²) < 4.78 is 15.6.